The van der Waals surface area contributed by atoms with Crippen molar-refractivity contribution in [2.45, 2.75) is 6.92 Å². The summed E-state index contributed by atoms with van der Waals surface area (Å²) < 4.78 is 0. The van der Waals surface area contributed by atoms with Crippen LogP contribution < -0.4 is 0 Å². The molecule has 0 N–H and O–H groups in total. The van der Waals surface area contributed by atoms with Gasteiger partial charge in [-0.25, -0.2) is 0 Å². The fourth-order valence-corrected chi connectivity index (χ4v) is 1.99. The summed E-state index contributed by atoms with van der Waals surface area (Å²) in [5.41, 5.74) is 2.68. The van der Waals surface area contributed by atoms with Crippen LogP contribution >= 0.6 is 23.2 Å². The van der Waals surface area contributed by atoms with E-state index < -0.39 is 0 Å². The van der Waals surface area contributed by atoms with Crippen LogP contribution in [-0.2, 0) is 0 Å². The number of halogens is 2. The summed E-state index contributed by atoms with van der Waals surface area (Å²) in [5, 5.41) is 0.831. The maximum absolute atomic E-state index is 12.0. The molecule has 0 unspecified atom stereocenters. The van der Waals surface area contributed by atoms with Gasteiger partial charge in [0.05, 0.1) is 10.0 Å². The molecule has 19 heavy (non-hydrogen) atoms. The van der Waals surface area contributed by atoms with E-state index in [1.807, 2.05) is 31.2 Å². The average Bonchev–Trinajstić information content (AvgIpc) is 2.39. The van der Waals surface area contributed by atoms with E-state index in [0.717, 1.165) is 11.1 Å². The first-order chi connectivity index (χ1) is 9.06. The molecular formula is C16H12Cl2O. The average molecular weight is 291 g/mol. The molecule has 0 fully saturated rings. The summed E-state index contributed by atoms with van der Waals surface area (Å²) in [7, 11) is 0. The minimum absolute atomic E-state index is 0.0972. The molecule has 0 spiro atoms. The minimum Gasteiger partial charge on any atom is -0.289 e. The monoisotopic (exact) mass is 290 g/mol. The number of ketones is 1. The van der Waals surface area contributed by atoms with Gasteiger partial charge in [0.1, 0.15) is 0 Å². The van der Waals surface area contributed by atoms with Gasteiger partial charge < -0.3 is 0 Å². The zero-order chi connectivity index (χ0) is 13.8. The second-order valence-electron chi connectivity index (χ2n) is 4.24. The number of carbonyl (C=O) groups excluding carboxylic acids is 1. The smallest absolute Gasteiger partial charge is 0.185 e. The van der Waals surface area contributed by atoms with Crippen molar-refractivity contribution in [3.8, 4) is 0 Å². The van der Waals surface area contributed by atoms with Gasteiger partial charge in [-0.3, -0.25) is 4.79 Å². The number of benzene rings is 2. The quantitative estimate of drug-likeness (QED) is 0.561. The number of allylic oxidation sites excluding steroid dienone is 1. The fraction of sp³-hybridized carbons (Fsp3) is 0.0625. The Bertz CT molecular complexity index is 645. The van der Waals surface area contributed by atoms with Gasteiger partial charge in [0.2, 0.25) is 0 Å². The first kappa shape index (κ1) is 13.9. The highest BCUT2D eigenvalue weighted by Crippen LogP contribution is 2.23. The van der Waals surface area contributed by atoms with Crippen molar-refractivity contribution < 1.29 is 4.79 Å². The molecule has 0 atom stereocenters. The molecule has 0 aliphatic heterocycles. The van der Waals surface area contributed by atoms with Crippen molar-refractivity contribution in [3.05, 3.63) is 75.3 Å². The van der Waals surface area contributed by atoms with E-state index in [1.54, 1.807) is 24.3 Å². The Morgan fingerprint density at radius 2 is 1.84 bits per heavy atom. The summed E-state index contributed by atoms with van der Waals surface area (Å²) in [5.74, 6) is -0.0972. The zero-order valence-electron chi connectivity index (χ0n) is 10.4. The summed E-state index contributed by atoms with van der Waals surface area (Å²) >= 11 is 11.7. The molecule has 0 saturated heterocycles. The zero-order valence-corrected chi connectivity index (χ0v) is 11.9. The molecule has 3 heteroatoms. The lowest BCUT2D eigenvalue weighted by molar-refractivity contribution is 0.104. The van der Waals surface area contributed by atoms with E-state index in [4.69, 9.17) is 23.2 Å². The number of hydrogen-bond donors (Lipinski definition) is 0. The van der Waals surface area contributed by atoms with Crippen LogP contribution in [0.15, 0.2) is 48.5 Å². The van der Waals surface area contributed by atoms with Crippen LogP contribution in [0.25, 0.3) is 6.08 Å². The van der Waals surface area contributed by atoms with E-state index in [1.165, 1.54) is 6.08 Å². The number of aryl methyl sites for hydroxylation is 1. The molecule has 0 radical (unpaired) electrons. The second kappa shape index (κ2) is 6.05. The molecule has 2 aromatic rings. The van der Waals surface area contributed by atoms with Crippen molar-refractivity contribution in [1.82, 2.24) is 0 Å². The lowest BCUT2D eigenvalue weighted by Crippen LogP contribution is -1.93. The molecule has 0 saturated carbocycles. The highest BCUT2D eigenvalue weighted by atomic mass is 35.5. The molecule has 96 valence electrons. The lowest BCUT2D eigenvalue weighted by Gasteiger charge is -1.99. The lowest BCUT2D eigenvalue weighted by atomic mass is 10.1. The number of carbonyl (C=O) groups is 1. The van der Waals surface area contributed by atoms with Crippen molar-refractivity contribution in [1.29, 1.82) is 0 Å². The molecule has 0 heterocycles. The molecule has 0 amide bonds. The predicted octanol–water partition coefficient (Wildman–Crippen LogP) is 5.20. The standard InChI is InChI=1S/C16H12Cl2O/c1-11-3-2-4-12(9-11)5-8-16(19)13-6-7-14(17)15(18)10-13/h2-10H,1H3/b8-5+. The van der Waals surface area contributed by atoms with Crippen LogP contribution in [0.2, 0.25) is 10.0 Å². The molecule has 2 rings (SSSR count). The molecule has 0 aliphatic rings. The molecule has 0 aliphatic carbocycles. The summed E-state index contributed by atoms with van der Waals surface area (Å²) in [6.07, 6.45) is 3.33. The van der Waals surface area contributed by atoms with Gasteiger partial charge >= 0.3 is 0 Å². The molecule has 1 nitrogen and oxygen atoms in total. The van der Waals surface area contributed by atoms with Crippen LogP contribution in [0.4, 0.5) is 0 Å². The van der Waals surface area contributed by atoms with Crippen molar-refractivity contribution in [2.24, 2.45) is 0 Å². The summed E-state index contributed by atoms with van der Waals surface area (Å²) in [4.78, 5) is 12.0. The van der Waals surface area contributed by atoms with E-state index in [-0.39, 0.29) is 5.78 Å². The van der Waals surface area contributed by atoms with E-state index in [2.05, 4.69) is 0 Å². The van der Waals surface area contributed by atoms with Crippen molar-refractivity contribution >= 4 is 35.1 Å². The molecule has 2 aromatic carbocycles. The highest BCUT2D eigenvalue weighted by Gasteiger charge is 2.04. The second-order valence-corrected chi connectivity index (χ2v) is 5.06. The van der Waals surface area contributed by atoms with Crippen molar-refractivity contribution in [3.63, 3.8) is 0 Å². The predicted molar refractivity (Wildman–Crippen MR) is 81.0 cm³/mol. The third-order valence-corrected chi connectivity index (χ3v) is 3.41. The SMILES string of the molecule is Cc1cccc(/C=C/C(=O)c2ccc(Cl)c(Cl)c2)c1. The number of hydrogen-bond acceptors (Lipinski definition) is 1. The fourth-order valence-electron chi connectivity index (χ4n) is 1.69. The molecule has 0 aromatic heterocycles. The Balaban J connectivity index is 2.19. The highest BCUT2D eigenvalue weighted by molar-refractivity contribution is 6.42. The van der Waals surface area contributed by atoms with Crippen LogP contribution in [0.5, 0.6) is 0 Å². The van der Waals surface area contributed by atoms with Gasteiger partial charge in [0, 0.05) is 5.56 Å². The summed E-state index contributed by atoms with van der Waals surface area (Å²) in [6, 6.07) is 12.8. The molecular weight excluding hydrogens is 279 g/mol. The normalized spacial score (nSPS) is 10.9. The van der Waals surface area contributed by atoms with Crippen LogP contribution in [0.3, 0.4) is 0 Å². The van der Waals surface area contributed by atoms with Gasteiger partial charge in [-0.15, -0.1) is 0 Å². The Hall–Kier alpha value is -1.57. The number of rotatable bonds is 3. The van der Waals surface area contributed by atoms with Gasteiger partial charge in [0.15, 0.2) is 5.78 Å². The Morgan fingerprint density at radius 3 is 2.53 bits per heavy atom. The van der Waals surface area contributed by atoms with Gasteiger partial charge in [-0.1, -0.05) is 59.1 Å². The topological polar surface area (TPSA) is 17.1 Å². The van der Waals surface area contributed by atoms with Gasteiger partial charge in [-0.2, -0.15) is 0 Å². The van der Waals surface area contributed by atoms with Gasteiger partial charge in [-0.05, 0) is 36.8 Å². The summed E-state index contributed by atoms with van der Waals surface area (Å²) in [6.45, 7) is 2.01. The van der Waals surface area contributed by atoms with E-state index in [9.17, 15) is 4.79 Å². The Kier molecular flexibility index (Phi) is 4.41. The van der Waals surface area contributed by atoms with Crippen LogP contribution in [-0.4, -0.2) is 5.78 Å². The van der Waals surface area contributed by atoms with Crippen LogP contribution in [0, 0.1) is 6.92 Å². The first-order valence-electron chi connectivity index (χ1n) is 5.80. The minimum atomic E-state index is -0.0972. The Morgan fingerprint density at radius 1 is 1.05 bits per heavy atom. The maximum atomic E-state index is 12.0. The largest absolute Gasteiger partial charge is 0.289 e. The third kappa shape index (κ3) is 3.69. The van der Waals surface area contributed by atoms with E-state index >= 15 is 0 Å². The van der Waals surface area contributed by atoms with Crippen LogP contribution in [0.1, 0.15) is 21.5 Å². The third-order valence-electron chi connectivity index (χ3n) is 2.67. The van der Waals surface area contributed by atoms with Gasteiger partial charge in [0.25, 0.3) is 0 Å². The van der Waals surface area contributed by atoms with Crippen molar-refractivity contribution in [2.75, 3.05) is 0 Å². The Labute approximate surface area is 122 Å². The van der Waals surface area contributed by atoms with E-state index in [0.29, 0.717) is 15.6 Å². The maximum Gasteiger partial charge on any atom is 0.185 e. The first-order valence-corrected chi connectivity index (χ1v) is 6.56. The molecule has 0 bridgehead atoms.